The first kappa shape index (κ1) is 10.9. The quantitative estimate of drug-likeness (QED) is 0.632. The summed E-state index contributed by atoms with van der Waals surface area (Å²) in [5, 5.41) is 1.89. The summed E-state index contributed by atoms with van der Waals surface area (Å²) in [6.07, 6.45) is 0. The van der Waals surface area contributed by atoms with Crippen molar-refractivity contribution in [2.45, 2.75) is 0 Å². The van der Waals surface area contributed by atoms with Crippen LogP contribution in [0.15, 0.2) is 53.0 Å². The molecule has 0 amide bonds. The first-order valence-corrected chi connectivity index (χ1v) is 6.44. The van der Waals surface area contributed by atoms with Crippen LogP contribution < -0.4 is 0 Å². The lowest BCUT2D eigenvalue weighted by Crippen LogP contribution is -1.76. The number of halogens is 2. The second-order valence-electron chi connectivity index (χ2n) is 3.92. The number of aromatic nitrogens is 1. The largest absolute Gasteiger partial charge is 0.355 e. The maximum absolute atomic E-state index is 5.98. The van der Waals surface area contributed by atoms with Gasteiger partial charge in [-0.3, -0.25) is 0 Å². The molecule has 1 nitrogen and oxygen atoms in total. The van der Waals surface area contributed by atoms with Gasteiger partial charge in [0, 0.05) is 26.1 Å². The van der Waals surface area contributed by atoms with Crippen molar-refractivity contribution in [3.63, 3.8) is 0 Å². The average molecular weight is 307 g/mol. The number of hydrogen-bond donors (Lipinski definition) is 1. The molecule has 0 bridgehead atoms. The fourth-order valence-electron chi connectivity index (χ4n) is 1.92. The molecule has 1 N–H and O–H groups in total. The minimum absolute atomic E-state index is 0.761. The van der Waals surface area contributed by atoms with Gasteiger partial charge in [-0.15, -0.1) is 0 Å². The van der Waals surface area contributed by atoms with Gasteiger partial charge in [0.15, 0.2) is 0 Å². The Morgan fingerprint density at radius 2 is 1.88 bits per heavy atom. The van der Waals surface area contributed by atoms with Crippen molar-refractivity contribution in [3.05, 3.63) is 58.0 Å². The second-order valence-corrected chi connectivity index (χ2v) is 5.28. The molecule has 1 aromatic heterocycles. The van der Waals surface area contributed by atoms with Crippen LogP contribution >= 0.6 is 27.5 Å². The van der Waals surface area contributed by atoms with Crippen molar-refractivity contribution in [1.29, 1.82) is 0 Å². The molecule has 0 atom stereocenters. The predicted molar refractivity (Wildman–Crippen MR) is 76.4 cm³/mol. The van der Waals surface area contributed by atoms with Gasteiger partial charge in [-0.05, 0) is 42.0 Å². The van der Waals surface area contributed by atoms with Crippen LogP contribution in [-0.4, -0.2) is 4.98 Å². The predicted octanol–water partition coefficient (Wildman–Crippen LogP) is 5.25. The van der Waals surface area contributed by atoms with E-state index >= 15 is 0 Å². The molecule has 0 saturated carbocycles. The Bertz CT molecular complexity index is 688. The van der Waals surface area contributed by atoms with Gasteiger partial charge in [0.25, 0.3) is 0 Å². The lowest BCUT2D eigenvalue weighted by atomic mass is 10.1. The fourth-order valence-corrected chi connectivity index (χ4v) is 2.49. The van der Waals surface area contributed by atoms with Crippen molar-refractivity contribution < 1.29 is 0 Å². The van der Waals surface area contributed by atoms with Crippen molar-refractivity contribution in [2.75, 3.05) is 0 Å². The molecule has 1 heterocycles. The number of fused-ring (bicyclic) bond motifs is 1. The van der Waals surface area contributed by atoms with Gasteiger partial charge in [0.1, 0.15) is 0 Å². The van der Waals surface area contributed by atoms with Crippen LogP contribution in [-0.2, 0) is 0 Å². The van der Waals surface area contributed by atoms with Gasteiger partial charge in [0.05, 0.1) is 0 Å². The lowest BCUT2D eigenvalue weighted by molar-refractivity contribution is 1.45. The third kappa shape index (κ3) is 2.11. The highest BCUT2D eigenvalue weighted by Gasteiger charge is 2.03. The Hall–Kier alpha value is -1.25. The standard InChI is InChI=1S/C14H9BrClN/c15-11-3-1-2-9(6-11)14-8-10-7-12(16)4-5-13(10)17-14/h1-8,17H. The molecule has 0 saturated heterocycles. The number of nitrogens with one attached hydrogen (secondary N) is 1. The number of rotatable bonds is 1. The van der Waals surface area contributed by atoms with E-state index in [0.717, 1.165) is 31.7 Å². The highest BCUT2D eigenvalue weighted by molar-refractivity contribution is 9.10. The minimum atomic E-state index is 0.761. The van der Waals surface area contributed by atoms with E-state index in [0.29, 0.717) is 0 Å². The SMILES string of the molecule is Clc1ccc2[nH]c(-c3cccc(Br)c3)cc2c1. The monoisotopic (exact) mass is 305 g/mol. The summed E-state index contributed by atoms with van der Waals surface area (Å²) in [5.41, 5.74) is 3.36. The van der Waals surface area contributed by atoms with E-state index in [4.69, 9.17) is 11.6 Å². The molecular weight excluding hydrogens is 298 g/mol. The summed E-state index contributed by atoms with van der Waals surface area (Å²) in [6.45, 7) is 0. The zero-order valence-corrected chi connectivity index (χ0v) is 11.2. The molecular formula is C14H9BrClN. The van der Waals surface area contributed by atoms with E-state index in [1.54, 1.807) is 0 Å². The van der Waals surface area contributed by atoms with Gasteiger partial charge in [0.2, 0.25) is 0 Å². The van der Waals surface area contributed by atoms with Crippen LogP contribution in [0.1, 0.15) is 0 Å². The normalized spacial score (nSPS) is 10.9. The molecule has 0 unspecified atom stereocenters. The van der Waals surface area contributed by atoms with Crippen LogP contribution in [0.5, 0.6) is 0 Å². The lowest BCUT2D eigenvalue weighted by Gasteiger charge is -1.97. The summed E-state index contributed by atoms with van der Waals surface area (Å²) in [5.74, 6) is 0. The van der Waals surface area contributed by atoms with Crippen LogP contribution in [0.4, 0.5) is 0 Å². The van der Waals surface area contributed by atoms with E-state index < -0.39 is 0 Å². The molecule has 0 radical (unpaired) electrons. The topological polar surface area (TPSA) is 15.8 Å². The Kier molecular flexibility index (Phi) is 2.69. The maximum Gasteiger partial charge on any atom is 0.0465 e. The molecule has 3 aromatic rings. The van der Waals surface area contributed by atoms with Crippen molar-refractivity contribution >= 4 is 38.4 Å². The van der Waals surface area contributed by atoms with Crippen molar-refractivity contribution in [2.24, 2.45) is 0 Å². The van der Waals surface area contributed by atoms with Crippen molar-refractivity contribution in [3.8, 4) is 11.3 Å². The summed E-state index contributed by atoms with van der Waals surface area (Å²) >= 11 is 9.46. The molecule has 0 aliphatic heterocycles. The van der Waals surface area contributed by atoms with E-state index in [1.807, 2.05) is 30.3 Å². The average Bonchev–Trinajstić information content (AvgIpc) is 2.72. The molecule has 84 valence electrons. The van der Waals surface area contributed by atoms with Gasteiger partial charge in [-0.2, -0.15) is 0 Å². The number of H-pyrrole nitrogens is 1. The zero-order valence-electron chi connectivity index (χ0n) is 8.87. The third-order valence-electron chi connectivity index (χ3n) is 2.72. The molecule has 0 aliphatic rings. The molecule has 0 fully saturated rings. The molecule has 0 aliphatic carbocycles. The molecule has 0 spiro atoms. The Balaban J connectivity index is 2.18. The number of hydrogen-bond acceptors (Lipinski definition) is 0. The summed E-state index contributed by atoms with van der Waals surface area (Å²) < 4.78 is 1.08. The summed E-state index contributed by atoms with van der Waals surface area (Å²) in [4.78, 5) is 3.39. The van der Waals surface area contributed by atoms with Crippen molar-refractivity contribution in [1.82, 2.24) is 4.98 Å². The first-order chi connectivity index (χ1) is 8.22. The Morgan fingerprint density at radius 1 is 1.00 bits per heavy atom. The summed E-state index contributed by atoms with van der Waals surface area (Å²) in [7, 11) is 0. The van der Waals surface area contributed by atoms with Crippen LogP contribution in [0.2, 0.25) is 5.02 Å². The van der Waals surface area contributed by atoms with Gasteiger partial charge in [-0.25, -0.2) is 0 Å². The van der Waals surface area contributed by atoms with E-state index in [-0.39, 0.29) is 0 Å². The smallest absolute Gasteiger partial charge is 0.0465 e. The molecule has 2 aromatic carbocycles. The fraction of sp³-hybridized carbons (Fsp3) is 0. The molecule has 3 heteroatoms. The Morgan fingerprint density at radius 3 is 2.71 bits per heavy atom. The highest BCUT2D eigenvalue weighted by atomic mass is 79.9. The van der Waals surface area contributed by atoms with Crippen LogP contribution in [0, 0.1) is 0 Å². The maximum atomic E-state index is 5.98. The first-order valence-electron chi connectivity index (χ1n) is 5.26. The van der Waals surface area contributed by atoms with E-state index in [1.165, 1.54) is 0 Å². The minimum Gasteiger partial charge on any atom is -0.355 e. The number of aromatic amines is 1. The second kappa shape index (κ2) is 4.21. The van der Waals surface area contributed by atoms with Crippen LogP contribution in [0.25, 0.3) is 22.2 Å². The third-order valence-corrected chi connectivity index (χ3v) is 3.45. The Labute approximate surface area is 113 Å². The van der Waals surface area contributed by atoms with Gasteiger partial charge < -0.3 is 4.98 Å². The number of benzene rings is 2. The van der Waals surface area contributed by atoms with E-state index in [2.05, 4.69) is 39.1 Å². The summed E-state index contributed by atoms with van der Waals surface area (Å²) in [6, 6.07) is 16.2. The molecule has 3 rings (SSSR count). The zero-order chi connectivity index (χ0) is 11.8. The van der Waals surface area contributed by atoms with Crippen LogP contribution in [0.3, 0.4) is 0 Å². The van der Waals surface area contributed by atoms with Gasteiger partial charge >= 0.3 is 0 Å². The van der Waals surface area contributed by atoms with Gasteiger partial charge in [-0.1, -0.05) is 39.7 Å². The highest BCUT2D eigenvalue weighted by Crippen LogP contribution is 2.27. The van der Waals surface area contributed by atoms with E-state index in [9.17, 15) is 0 Å². The molecule has 17 heavy (non-hydrogen) atoms.